The molecule has 0 spiro atoms. The molecule has 1 N–H and O–H groups in total. The molecule has 2 fully saturated rings. The zero-order chi connectivity index (χ0) is 22.8. The molecule has 0 bridgehead atoms. The molecule has 0 unspecified atom stereocenters. The highest BCUT2D eigenvalue weighted by Gasteiger charge is 2.28. The average Bonchev–Trinajstić information content (AvgIpc) is 3.57. The molecule has 2 amide bonds. The molecule has 1 aliphatic carbocycles. The van der Waals surface area contributed by atoms with Gasteiger partial charge in [-0.1, -0.05) is 34.9 Å². The Morgan fingerprint density at radius 1 is 1.16 bits per heavy atom. The van der Waals surface area contributed by atoms with Gasteiger partial charge in [0.1, 0.15) is 0 Å². The number of aromatic nitrogens is 1. The summed E-state index contributed by atoms with van der Waals surface area (Å²) in [5, 5.41) is 4.08. The van der Waals surface area contributed by atoms with Gasteiger partial charge in [-0.3, -0.25) is 14.6 Å². The summed E-state index contributed by atoms with van der Waals surface area (Å²) < 4.78 is 0. The number of rotatable bonds is 5. The summed E-state index contributed by atoms with van der Waals surface area (Å²) in [6.45, 7) is 5.20. The van der Waals surface area contributed by atoms with Crippen molar-refractivity contribution in [3.63, 3.8) is 0 Å². The van der Waals surface area contributed by atoms with Crippen molar-refractivity contribution in [3.8, 4) is 0 Å². The second-order valence-corrected chi connectivity index (χ2v) is 9.61. The number of amides is 2. The van der Waals surface area contributed by atoms with E-state index in [1.807, 2.05) is 24.0 Å². The monoisotopic (exact) mass is 471 g/mol. The summed E-state index contributed by atoms with van der Waals surface area (Å²) in [7, 11) is 0. The maximum atomic E-state index is 12.9. The number of piperidine rings is 1. The van der Waals surface area contributed by atoms with Crippen LogP contribution in [-0.4, -0.2) is 34.8 Å². The smallest absolute Gasteiger partial charge is 0.257 e. The number of hydrogen-bond donors (Lipinski definition) is 1. The Hall–Kier alpha value is -2.37. The third-order valence-corrected chi connectivity index (χ3v) is 6.74. The van der Waals surface area contributed by atoms with Crippen LogP contribution in [0.2, 0.25) is 10.0 Å². The zero-order valence-electron chi connectivity index (χ0n) is 18.4. The van der Waals surface area contributed by atoms with Crippen molar-refractivity contribution in [2.24, 2.45) is 5.92 Å². The van der Waals surface area contributed by atoms with Crippen LogP contribution in [0.5, 0.6) is 0 Å². The molecule has 0 atom stereocenters. The fraction of sp³-hybridized carbons (Fsp3) is 0.400. The van der Waals surface area contributed by atoms with E-state index in [2.05, 4.69) is 16.4 Å². The Labute approximate surface area is 198 Å². The number of pyridine rings is 1. The summed E-state index contributed by atoms with van der Waals surface area (Å²) in [6.07, 6.45) is 8.35. The van der Waals surface area contributed by atoms with Crippen molar-refractivity contribution >= 4 is 46.8 Å². The van der Waals surface area contributed by atoms with E-state index in [9.17, 15) is 9.59 Å². The molecule has 1 saturated heterocycles. The van der Waals surface area contributed by atoms with Crippen molar-refractivity contribution < 1.29 is 9.59 Å². The Morgan fingerprint density at radius 3 is 2.53 bits per heavy atom. The number of likely N-dealkylation sites (tertiary alicyclic amines) is 1. The number of hydrogen-bond acceptors (Lipinski definition) is 3. The summed E-state index contributed by atoms with van der Waals surface area (Å²) in [6, 6.07) is 5.32. The van der Waals surface area contributed by atoms with Gasteiger partial charge in [-0.25, -0.2) is 0 Å². The van der Waals surface area contributed by atoms with E-state index < -0.39 is 0 Å². The third-order valence-electron chi connectivity index (χ3n) is 6.13. The summed E-state index contributed by atoms with van der Waals surface area (Å²) in [5.41, 5.74) is 4.78. The summed E-state index contributed by atoms with van der Waals surface area (Å²) >= 11 is 12.5. The lowest BCUT2D eigenvalue weighted by Crippen LogP contribution is -2.36. The van der Waals surface area contributed by atoms with Crippen molar-refractivity contribution in [2.75, 3.05) is 18.4 Å². The van der Waals surface area contributed by atoms with Crippen molar-refractivity contribution in [2.45, 2.75) is 46.0 Å². The number of aryl methyl sites for hydroxylation is 2. The van der Waals surface area contributed by atoms with Crippen LogP contribution < -0.4 is 5.32 Å². The molecule has 1 aliphatic heterocycles. The predicted molar refractivity (Wildman–Crippen MR) is 129 cm³/mol. The lowest BCUT2D eigenvalue weighted by atomic mass is 9.98. The molecule has 2 aromatic rings. The second kappa shape index (κ2) is 9.63. The quantitative estimate of drug-likeness (QED) is 0.575. The third kappa shape index (κ3) is 5.51. The van der Waals surface area contributed by atoms with E-state index in [1.54, 1.807) is 13.0 Å². The lowest BCUT2D eigenvalue weighted by molar-refractivity contribution is -0.132. The topological polar surface area (TPSA) is 62.3 Å². The molecule has 168 valence electrons. The molecule has 4 rings (SSSR count). The number of carbonyl (C=O) groups is 2. The highest BCUT2D eigenvalue weighted by Crippen LogP contribution is 2.34. The lowest BCUT2D eigenvalue weighted by Gasteiger charge is -2.29. The molecule has 0 radical (unpaired) electrons. The Bertz CT molecular complexity index is 1080. The molecule has 5 nitrogen and oxygen atoms in total. The number of nitrogens with one attached hydrogen (secondary N) is 1. The summed E-state index contributed by atoms with van der Waals surface area (Å²) in [5.74, 6) is 0.618. The maximum absolute atomic E-state index is 12.9. The minimum absolute atomic E-state index is 0.273. The van der Waals surface area contributed by atoms with Gasteiger partial charge >= 0.3 is 0 Å². The minimum atomic E-state index is -0.273. The first-order valence-corrected chi connectivity index (χ1v) is 11.8. The number of halogens is 2. The first kappa shape index (κ1) is 22.8. The van der Waals surface area contributed by atoms with E-state index in [0.29, 0.717) is 33.6 Å². The number of carbonyl (C=O) groups excluding carboxylic acids is 2. The SMILES string of the molecule is Cc1cc(Cl)cc(C=C2CCN(C(=O)CC3CC3)CC2)c1NC(=O)c1cnc(C)c(Cl)c1. The second-order valence-electron chi connectivity index (χ2n) is 8.76. The van der Waals surface area contributed by atoms with Crippen LogP contribution in [-0.2, 0) is 4.79 Å². The molecule has 1 saturated carbocycles. The maximum Gasteiger partial charge on any atom is 0.257 e. The van der Waals surface area contributed by atoms with Gasteiger partial charge in [-0.2, -0.15) is 0 Å². The highest BCUT2D eigenvalue weighted by atomic mass is 35.5. The molecule has 2 aliphatic rings. The number of anilines is 1. The van der Waals surface area contributed by atoms with Crippen molar-refractivity contribution in [1.82, 2.24) is 9.88 Å². The van der Waals surface area contributed by atoms with Crippen molar-refractivity contribution in [3.05, 3.63) is 62.4 Å². The minimum Gasteiger partial charge on any atom is -0.342 e. The standard InChI is InChI=1S/C25H27Cl2N3O2/c1-15-9-21(26)12-19(24(15)29-25(32)20-13-22(27)16(2)28-14-20)10-18-5-7-30(8-6-18)23(31)11-17-3-4-17/h9-10,12-14,17H,3-8,11H2,1-2H3,(H,29,32). The fourth-order valence-electron chi connectivity index (χ4n) is 3.98. The van der Waals surface area contributed by atoms with Gasteiger partial charge in [0, 0.05) is 30.7 Å². The fourth-order valence-corrected chi connectivity index (χ4v) is 4.42. The largest absolute Gasteiger partial charge is 0.342 e. The van der Waals surface area contributed by atoms with Crippen LogP contribution in [0, 0.1) is 19.8 Å². The zero-order valence-corrected chi connectivity index (χ0v) is 19.9. The van der Waals surface area contributed by atoms with Gasteiger partial charge in [-0.15, -0.1) is 0 Å². The molecule has 7 heteroatoms. The van der Waals surface area contributed by atoms with Gasteiger partial charge in [0.05, 0.1) is 22.0 Å². The number of benzene rings is 1. The van der Waals surface area contributed by atoms with Gasteiger partial charge < -0.3 is 10.2 Å². The molecule has 1 aromatic heterocycles. The summed E-state index contributed by atoms with van der Waals surface area (Å²) in [4.78, 5) is 31.4. The Balaban J connectivity index is 1.51. The van der Waals surface area contributed by atoms with E-state index in [0.717, 1.165) is 42.7 Å². The van der Waals surface area contributed by atoms with Crippen LogP contribution in [0.25, 0.3) is 6.08 Å². The molecule has 2 heterocycles. The van der Waals surface area contributed by atoms with Gasteiger partial charge in [0.15, 0.2) is 0 Å². The van der Waals surface area contributed by atoms with Crippen molar-refractivity contribution in [1.29, 1.82) is 0 Å². The molecular formula is C25H27Cl2N3O2. The predicted octanol–water partition coefficient (Wildman–Crippen LogP) is 6.06. The first-order valence-electron chi connectivity index (χ1n) is 11.0. The van der Waals surface area contributed by atoms with Crippen LogP contribution in [0.3, 0.4) is 0 Å². The Kier molecular flexibility index (Phi) is 6.87. The van der Waals surface area contributed by atoms with E-state index in [-0.39, 0.29) is 11.8 Å². The molecule has 1 aromatic carbocycles. The van der Waals surface area contributed by atoms with Gasteiger partial charge in [0.25, 0.3) is 5.91 Å². The van der Waals surface area contributed by atoms with E-state index >= 15 is 0 Å². The van der Waals surface area contributed by atoms with Crippen LogP contribution in [0.1, 0.15) is 59.3 Å². The molecule has 32 heavy (non-hydrogen) atoms. The first-order chi connectivity index (χ1) is 15.3. The van der Waals surface area contributed by atoms with Crippen LogP contribution in [0.4, 0.5) is 5.69 Å². The van der Waals surface area contributed by atoms with Crippen LogP contribution >= 0.6 is 23.2 Å². The number of nitrogens with zero attached hydrogens (tertiary/aromatic N) is 2. The van der Waals surface area contributed by atoms with Crippen LogP contribution in [0.15, 0.2) is 30.0 Å². The Morgan fingerprint density at radius 2 is 1.88 bits per heavy atom. The average molecular weight is 472 g/mol. The van der Waals surface area contributed by atoms with E-state index in [1.165, 1.54) is 24.6 Å². The molecular weight excluding hydrogens is 445 g/mol. The van der Waals surface area contributed by atoms with Gasteiger partial charge in [0.2, 0.25) is 5.91 Å². The highest BCUT2D eigenvalue weighted by molar-refractivity contribution is 6.32. The van der Waals surface area contributed by atoms with E-state index in [4.69, 9.17) is 23.2 Å². The van der Waals surface area contributed by atoms with Gasteiger partial charge in [-0.05, 0) is 74.8 Å². The normalized spacial score (nSPS) is 16.1.